The summed E-state index contributed by atoms with van der Waals surface area (Å²) >= 11 is 0. The molecular weight excluding hydrogens is 200 g/mol. The Labute approximate surface area is 97.3 Å². The number of rotatable bonds is 4. The molecule has 1 aromatic heterocycles. The Morgan fingerprint density at radius 3 is 2.56 bits per heavy atom. The number of hydrogen-bond acceptors (Lipinski definition) is 3. The molecule has 0 saturated heterocycles. The van der Waals surface area contributed by atoms with E-state index in [1.807, 2.05) is 45.4 Å². The molecule has 1 unspecified atom stereocenters. The van der Waals surface area contributed by atoms with Crippen molar-refractivity contribution in [2.45, 2.75) is 52.7 Å². The van der Waals surface area contributed by atoms with E-state index < -0.39 is 5.54 Å². The van der Waals surface area contributed by atoms with Gasteiger partial charge in [-0.3, -0.25) is 10.00 Å². The maximum atomic E-state index is 9.24. The molecule has 16 heavy (non-hydrogen) atoms. The minimum Gasteiger partial charge on any atom is -0.296 e. The van der Waals surface area contributed by atoms with Gasteiger partial charge in [-0.25, -0.2) is 0 Å². The van der Waals surface area contributed by atoms with Crippen LogP contribution in [0.2, 0.25) is 0 Å². The largest absolute Gasteiger partial charge is 0.296 e. The Morgan fingerprint density at radius 1 is 1.56 bits per heavy atom. The number of aromatic nitrogens is 2. The van der Waals surface area contributed by atoms with Crippen LogP contribution in [0.1, 0.15) is 32.2 Å². The van der Waals surface area contributed by atoms with E-state index in [9.17, 15) is 5.26 Å². The van der Waals surface area contributed by atoms with Crippen LogP contribution in [0.4, 0.5) is 0 Å². The van der Waals surface area contributed by atoms with E-state index in [1.165, 1.54) is 0 Å². The van der Waals surface area contributed by atoms with Gasteiger partial charge in [-0.1, -0.05) is 0 Å². The number of nitrogens with zero attached hydrogens (tertiary/aromatic N) is 3. The fourth-order valence-electron chi connectivity index (χ4n) is 1.88. The van der Waals surface area contributed by atoms with Crippen molar-refractivity contribution in [2.75, 3.05) is 0 Å². The van der Waals surface area contributed by atoms with Crippen LogP contribution < -0.4 is 5.32 Å². The lowest BCUT2D eigenvalue weighted by molar-refractivity contribution is 0.340. The van der Waals surface area contributed by atoms with Crippen molar-refractivity contribution in [3.63, 3.8) is 0 Å². The number of aryl methyl sites for hydroxylation is 2. The molecule has 0 amide bonds. The normalized spacial score (nSPS) is 14.8. The fourth-order valence-corrected chi connectivity index (χ4v) is 1.88. The second kappa shape index (κ2) is 4.67. The SMILES string of the molecule is Cc1cc(C)n(CC(C)(C#N)NC(C)C)n1. The monoisotopic (exact) mass is 220 g/mol. The molecule has 0 radical (unpaired) electrons. The van der Waals surface area contributed by atoms with Gasteiger partial charge in [-0.2, -0.15) is 10.4 Å². The number of nitrogens with one attached hydrogen (secondary N) is 1. The summed E-state index contributed by atoms with van der Waals surface area (Å²) in [6, 6.07) is 4.62. The van der Waals surface area contributed by atoms with Crippen LogP contribution in [0.5, 0.6) is 0 Å². The molecule has 0 aromatic carbocycles. The maximum Gasteiger partial charge on any atom is 0.123 e. The quantitative estimate of drug-likeness (QED) is 0.841. The summed E-state index contributed by atoms with van der Waals surface area (Å²) in [5.41, 5.74) is 1.50. The third-order valence-electron chi connectivity index (χ3n) is 2.42. The first kappa shape index (κ1) is 12.7. The van der Waals surface area contributed by atoms with Gasteiger partial charge in [0.05, 0.1) is 18.3 Å². The molecule has 0 aliphatic rings. The van der Waals surface area contributed by atoms with Gasteiger partial charge in [0.15, 0.2) is 0 Å². The minimum atomic E-state index is -0.572. The first-order chi connectivity index (χ1) is 7.36. The van der Waals surface area contributed by atoms with Gasteiger partial charge in [-0.05, 0) is 40.7 Å². The van der Waals surface area contributed by atoms with Crippen molar-refractivity contribution in [1.82, 2.24) is 15.1 Å². The fraction of sp³-hybridized carbons (Fsp3) is 0.667. The summed E-state index contributed by atoms with van der Waals surface area (Å²) in [5, 5.41) is 16.9. The molecular formula is C12H20N4. The summed E-state index contributed by atoms with van der Waals surface area (Å²) in [5.74, 6) is 0. The molecule has 0 saturated carbocycles. The summed E-state index contributed by atoms with van der Waals surface area (Å²) in [6.07, 6.45) is 0. The molecule has 1 rings (SSSR count). The van der Waals surface area contributed by atoms with E-state index in [0.717, 1.165) is 11.4 Å². The first-order valence-corrected chi connectivity index (χ1v) is 5.56. The lowest BCUT2D eigenvalue weighted by atomic mass is 10.0. The predicted molar refractivity (Wildman–Crippen MR) is 64.0 cm³/mol. The molecule has 1 heterocycles. The van der Waals surface area contributed by atoms with E-state index in [2.05, 4.69) is 16.5 Å². The zero-order valence-corrected chi connectivity index (χ0v) is 10.7. The van der Waals surface area contributed by atoms with E-state index in [-0.39, 0.29) is 6.04 Å². The Balaban J connectivity index is 2.85. The van der Waals surface area contributed by atoms with Gasteiger partial charge < -0.3 is 0 Å². The molecule has 88 valence electrons. The van der Waals surface area contributed by atoms with Crippen molar-refractivity contribution in [3.05, 3.63) is 17.5 Å². The molecule has 1 aromatic rings. The zero-order valence-electron chi connectivity index (χ0n) is 10.7. The highest BCUT2D eigenvalue weighted by Gasteiger charge is 2.26. The third kappa shape index (κ3) is 3.07. The standard InChI is InChI=1S/C12H20N4/c1-9(2)14-12(5,7-13)8-16-11(4)6-10(3)15-16/h6,9,14H,8H2,1-5H3. The Hall–Kier alpha value is -1.34. The molecule has 4 nitrogen and oxygen atoms in total. The molecule has 0 aliphatic heterocycles. The van der Waals surface area contributed by atoms with Gasteiger partial charge in [-0.15, -0.1) is 0 Å². The molecule has 0 bridgehead atoms. The Kier molecular flexibility index (Phi) is 3.71. The van der Waals surface area contributed by atoms with E-state index in [4.69, 9.17) is 0 Å². The van der Waals surface area contributed by atoms with Crippen LogP contribution in [-0.2, 0) is 6.54 Å². The van der Waals surface area contributed by atoms with Gasteiger partial charge >= 0.3 is 0 Å². The lowest BCUT2D eigenvalue weighted by Gasteiger charge is -2.26. The average molecular weight is 220 g/mol. The molecule has 0 spiro atoms. The van der Waals surface area contributed by atoms with Crippen molar-refractivity contribution in [2.24, 2.45) is 0 Å². The van der Waals surface area contributed by atoms with Crippen LogP contribution >= 0.6 is 0 Å². The molecule has 0 fully saturated rings. The topological polar surface area (TPSA) is 53.6 Å². The Bertz CT molecular complexity index is 400. The van der Waals surface area contributed by atoms with Crippen LogP contribution in [-0.4, -0.2) is 21.4 Å². The number of nitriles is 1. The van der Waals surface area contributed by atoms with Gasteiger partial charge in [0.2, 0.25) is 0 Å². The van der Waals surface area contributed by atoms with Gasteiger partial charge in [0.25, 0.3) is 0 Å². The minimum absolute atomic E-state index is 0.279. The van der Waals surface area contributed by atoms with Gasteiger partial charge in [0.1, 0.15) is 5.54 Å². The summed E-state index contributed by atoms with van der Waals surface area (Å²) in [6.45, 7) is 10.5. The highest BCUT2D eigenvalue weighted by Crippen LogP contribution is 2.10. The first-order valence-electron chi connectivity index (χ1n) is 5.56. The van der Waals surface area contributed by atoms with Crippen LogP contribution in [0, 0.1) is 25.2 Å². The second-order valence-electron chi connectivity index (χ2n) is 4.83. The van der Waals surface area contributed by atoms with Crippen molar-refractivity contribution < 1.29 is 0 Å². The second-order valence-corrected chi connectivity index (χ2v) is 4.83. The summed E-state index contributed by atoms with van der Waals surface area (Å²) < 4.78 is 1.88. The van der Waals surface area contributed by atoms with Crippen molar-refractivity contribution in [3.8, 4) is 6.07 Å². The predicted octanol–water partition coefficient (Wildman–Crippen LogP) is 1.78. The summed E-state index contributed by atoms with van der Waals surface area (Å²) in [7, 11) is 0. The highest BCUT2D eigenvalue weighted by molar-refractivity contribution is 5.10. The molecule has 1 N–H and O–H groups in total. The smallest absolute Gasteiger partial charge is 0.123 e. The van der Waals surface area contributed by atoms with E-state index >= 15 is 0 Å². The molecule has 1 atom stereocenters. The Morgan fingerprint density at radius 2 is 2.19 bits per heavy atom. The number of hydrogen-bond donors (Lipinski definition) is 1. The lowest BCUT2D eigenvalue weighted by Crippen LogP contribution is -2.48. The van der Waals surface area contributed by atoms with Gasteiger partial charge in [0, 0.05) is 11.7 Å². The molecule has 0 aliphatic carbocycles. The third-order valence-corrected chi connectivity index (χ3v) is 2.42. The van der Waals surface area contributed by atoms with Crippen LogP contribution in [0.25, 0.3) is 0 Å². The zero-order chi connectivity index (χ0) is 12.3. The van der Waals surface area contributed by atoms with Crippen LogP contribution in [0.15, 0.2) is 6.07 Å². The average Bonchev–Trinajstić information content (AvgIpc) is 2.43. The highest BCUT2D eigenvalue weighted by atomic mass is 15.3. The van der Waals surface area contributed by atoms with Crippen molar-refractivity contribution >= 4 is 0 Å². The van der Waals surface area contributed by atoms with E-state index in [1.54, 1.807) is 0 Å². The van der Waals surface area contributed by atoms with Crippen molar-refractivity contribution in [1.29, 1.82) is 5.26 Å². The van der Waals surface area contributed by atoms with E-state index in [0.29, 0.717) is 6.54 Å². The maximum absolute atomic E-state index is 9.24. The molecule has 4 heteroatoms. The summed E-state index contributed by atoms with van der Waals surface area (Å²) in [4.78, 5) is 0. The van der Waals surface area contributed by atoms with Crippen LogP contribution in [0.3, 0.4) is 0 Å².